The van der Waals surface area contributed by atoms with Gasteiger partial charge in [0.1, 0.15) is 17.4 Å². The minimum Gasteiger partial charge on any atom is -0.481 e. The molecule has 0 atom stereocenters. The number of benzene rings is 3. The topological polar surface area (TPSA) is 73.6 Å². The maximum Gasteiger partial charge on any atom is 0.341 e. The van der Waals surface area contributed by atoms with Crippen LogP contribution in [0.3, 0.4) is 0 Å². The van der Waals surface area contributed by atoms with Gasteiger partial charge in [-0.05, 0) is 67.0 Å². The number of hydrogen-bond donors (Lipinski definition) is 1. The summed E-state index contributed by atoms with van der Waals surface area (Å²) in [5.41, 5.74) is 0.836. The third-order valence-corrected chi connectivity index (χ3v) is 6.03. The number of nitriles is 1. The van der Waals surface area contributed by atoms with Crippen LogP contribution >= 0.6 is 35.1 Å². The number of halogens is 4. The molecule has 0 aliphatic rings. The van der Waals surface area contributed by atoms with Crippen molar-refractivity contribution in [3.8, 4) is 22.9 Å². The Labute approximate surface area is 203 Å². The summed E-state index contributed by atoms with van der Waals surface area (Å²) in [6.07, 6.45) is 0. The van der Waals surface area contributed by atoms with Gasteiger partial charge in [-0.15, -0.1) is 0 Å². The van der Waals surface area contributed by atoms with Crippen LogP contribution in [-0.4, -0.2) is 29.0 Å². The first-order valence-electron chi connectivity index (χ1n) is 9.38. The lowest BCUT2D eigenvalue weighted by Gasteiger charge is -2.19. The van der Waals surface area contributed by atoms with Gasteiger partial charge in [0.05, 0.1) is 21.7 Å². The molecule has 0 unspecified atom stereocenters. The summed E-state index contributed by atoms with van der Waals surface area (Å²) in [6.45, 7) is -0.567. The summed E-state index contributed by atoms with van der Waals surface area (Å²) < 4.78 is 35.9. The summed E-state index contributed by atoms with van der Waals surface area (Å²) in [5.74, 6) is -2.61. The molecule has 0 bridgehead atoms. The molecule has 0 aliphatic carbocycles. The van der Waals surface area contributed by atoms with E-state index in [9.17, 15) is 13.6 Å². The molecule has 3 aromatic carbocycles. The molecule has 0 heterocycles. The average molecular weight is 509 g/mol. The Morgan fingerprint density at radius 2 is 1.91 bits per heavy atom. The molecule has 33 heavy (non-hydrogen) atoms. The molecule has 0 amide bonds. The van der Waals surface area contributed by atoms with Gasteiger partial charge in [-0.25, -0.2) is 17.9 Å². The van der Waals surface area contributed by atoms with Crippen LogP contribution in [0, 0.1) is 23.0 Å². The van der Waals surface area contributed by atoms with Gasteiger partial charge in [-0.2, -0.15) is 5.26 Å². The molecule has 0 saturated carbocycles. The Balaban J connectivity index is 1.96. The summed E-state index contributed by atoms with van der Waals surface area (Å²) in [4.78, 5) is 11.7. The number of carboxylic acids is 1. The first-order chi connectivity index (χ1) is 15.7. The van der Waals surface area contributed by atoms with E-state index < -0.39 is 24.2 Å². The highest BCUT2D eigenvalue weighted by atomic mass is 35.5. The first-order valence-corrected chi connectivity index (χ1v) is 10.9. The zero-order valence-corrected chi connectivity index (χ0v) is 19.4. The molecule has 0 saturated heterocycles. The Morgan fingerprint density at radius 3 is 2.58 bits per heavy atom. The van der Waals surface area contributed by atoms with E-state index in [0.29, 0.717) is 10.0 Å². The predicted molar refractivity (Wildman–Crippen MR) is 123 cm³/mol. The molecule has 0 aliphatic heterocycles. The standard InChI is InChI=1S/C23H16Cl2F2N2O3S/c1-29(33-17-2-3-19(24)20(25)8-17)11-15-7-18(14-4-13(10-28)5-16(26)6-14)22(9-21(15)27)32-12-23(30)31/h2-9H,11-12H2,1H3,(H,30,31). The quantitative estimate of drug-likeness (QED) is 0.354. The van der Waals surface area contributed by atoms with Gasteiger partial charge < -0.3 is 9.84 Å². The number of ether oxygens (including phenoxy) is 1. The highest BCUT2D eigenvalue weighted by molar-refractivity contribution is 7.97. The van der Waals surface area contributed by atoms with Crippen LogP contribution in [0.2, 0.25) is 10.0 Å². The van der Waals surface area contributed by atoms with Crippen molar-refractivity contribution in [1.82, 2.24) is 4.31 Å². The summed E-state index contributed by atoms with van der Waals surface area (Å²) >= 11 is 13.3. The van der Waals surface area contributed by atoms with Gasteiger partial charge in [0.25, 0.3) is 0 Å². The van der Waals surface area contributed by atoms with Crippen molar-refractivity contribution in [2.75, 3.05) is 13.7 Å². The minimum absolute atomic E-state index is 0.0624. The van der Waals surface area contributed by atoms with Crippen molar-refractivity contribution in [3.05, 3.63) is 81.3 Å². The van der Waals surface area contributed by atoms with Crippen LogP contribution < -0.4 is 4.74 Å². The fourth-order valence-electron chi connectivity index (χ4n) is 3.00. The lowest BCUT2D eigenvalue weighted by Crippen LogP contribution is -2.12. The molecule has 10 heteroatoms. The van der Waals surface area contributed by atoms with Crippen molar-refractivity contribution in [2.45, 2.75) is 11.4 Å². The van der Waals surface area contributed by atoms with Crippen molar-refractivity contribution >= 4 is 41.1 Å². The molecule has 0 radical (unpaired) electrons. The van der Waals surface area contributed by atoms with Crippen LogP contribution in [0.5, 0.6) is 5.75 Å². The fraction of sp³-hybridized carbons (Fsp3) is 0.130. The van der Waals surface area contributed by atoms with Gasteiger partial charge in [0.2, 0.25) is 0 Å². The lowest BCUT2D eigenvalue weighted by molar-refractivity contribution is -0.139. The zero-order chi connectivity index (χ0) is 24.1. The number of rotatable bonds is 8. The number of carboxylic acid groups (broad SMARTS) is 1. The Morgan fingerprint density at radius 1 is 1.15 bits per heavy atom. The molecule has 5 nitrogen and oxygen atoms in total. The Hall–Kier alpha value is -2.83. The van der Waals surface area contributed by atoms with Gasteiger partial charge in [0.15, 0.2) is 6.61 Å². The fourth-order valence-corrected chi connectivity index (χ4v) is 4.23. The van der Waals surface area contributed by atoms with E-state index in [1.807, 2.05) is 6.07 Å². The second-order valence-electron chi connectivity index (χ2n) is 6.92. The lowest BCUT2D eigenvalue weighted by atomic mass is 9.99. The van der Waals surface area contributed by atoms with E-state index in [1.54, 1.807) is 29.6 Å². The highest BCUT2D eigenvalue weighted by Crippen LogP contribution is 2.35. The van der Waals surface area contributed by atoms with Crippen molar-refractivity contribution < 1.29 is 23.4 Å². The summed E-state index contributed by atoms with van der Waals surface area (Å²) in [7, 11) is 1.75. The third kappa shape index (κ3) is 6.59. The van der Waals surface area contributed by atoms with Crippen molar-refractivity contribution in [1.29, 1.82) is 5.26 Å². The van der Waals surface area contributed by atoms with E-state index in [0.717, 1.165) is 17.0 Å². The van der Waals surface area contributed by atoms with E-state index >= 15 is 0 Å². The van der Waals surface area contributed by atoms with E-state index in [-0.39, 0.29) is 34.5 Å². The smallest absolute Gasteiger partial charge is 0.341 e. The van der Waals surface area contributed by atoms with Crippen LogP contribution in [0.15, 0.2) is 53.4 Å². The van der Waals surface area contributed by atoms with Crippen molar-refractivity contribution in [2.24, 2.45) is 0 Å². The van der Waals surface area contributed by atoms with Crippen LogP contribution in [-0.2, 0) is 11.3 Å². The van der Waals surface area contributed by atoms with Crippen LogP contribution in [0.1, 0.15) is 11.1 Å². The van der Waals surface area contributed by atoms with Gasteiger partial charge >= 0.3 is 5.97 Å². The number of nitrogens with zero attached hydrogens (tertiary/aromatic N) is 2. The number of hydrogen-bond acceptors (Lipinski definition) is 5. The summed E-state index contributed by atoms with van der Waals surface area (Å²) in [6, 6.07) is 13.1. The molecular weight excluding hydrogens is 493 g/mol. The zero-order valence-electron chi connectivity index (χ0n) is 17.1. The van der Waals surface area contributed by atoms with Gasteiger partial charge in [-0.3, -0.25) is 0 Å². The highest BCUT2D eigenvalue weighted by Gasteiger charge is 2.17. The average Bonchev–Trinajstić information content (AvgIpc) is 2.75. The molecule has 1 N–H and O–H groups in total. The maximum atomic E-state index is 14.9. The monoisotopic (exact) mass is 508 g/mol. The molecule has 3 aromatic rings. The Bertz CT molecular complexity index is 1250. The predicted octanol–water partition coefficient (Wildman–Crippen LogP) is 6.41. The van der Waals surface area contributed by atoms with E-state index in [1.165, 1.54) is 30.1 Å². The molecular formula is C23H16Cl2F2N2O3S. The maximum absolute atomic E-state index is 14.9. The van der Waals surface area contributed by atoms with Crippen molar-refractivity contribution in [3.63, 3.8) is 0 Å². The van der Waals surface area contributed by atoms with E-state index in [2.05, 4.69) is 0 Å². The summed E-state index contributed by atoms with van der Waals surface area (Å²) in [5, 5.41) is 18.9. The minimum atomic E-state index is -1.25. The second kappa shape index (κ2) is 10.9. The van der Waals surface area contributed by atoms with Crippen LogP contribution in [0.4, 0.5) is 8.78 Å². The molecule has 170 valence electrons. The number of aliphatic carboxylic acids is 1. The molecule has 0 spiro atoms. The SMILES string of the molecule is CN(Cc1cc(-c2cc(F)cc(C#N)c2)c(OCC(=O)O)cc1F)Sc1ccc(Cl)c(Cl)c1. The third-order valence-electron chi connectivity index (χ3n) is 4.38. The normalized spacial score (nSPS) is 10.8. The Kier molecular flexibility index (Phi) is 8.16. The largest absolute Gasteiger partial charge is 0.481 e. The van der Waals surface area contributed by atoms with Gasteiger partial charge in [0, 0.05) is 28.6 Å². The second-order valence-corrected chi connectivity index (χ2v) is 9.01. The van der Waals surface area contributed by atoms with E-state index in [4.69, 9.17) is 38.3 Å². The van der Waals surface area contributed by atoms with Gasteiger partial charge in [-0.1, -0.05) is 23.2 Å². The number of carbonyl (C=O) groups is 1. The van der Waals surface area contributed by atoms with Crippen LogP contribution in [0.25, 0.3) is 11.1 Å². The molecule has 0 fully saturated rings. The molecule has 0 aromatic heterocycles. The first kappa shape index (κ1) is 24.8. The molecule has 3 rings (SSSR count).